The third-order valence-corrected chi connectivity index (χ3v) is 5.40. The van der Waals surface area contributed by atoms with Crippen molar-refractivity contribution in [3.63, 3.8) is 0 Å². The van der Waals surface area contributed by atoms with Crippen molar-refractivity contribution < 1.29 is 9.53 Å². The lowest BCUT2D eigenvalue weighted by atomic mass is 10.1. The van der Waals surface area contributed by atoms with Gasteiger partial charge in [0.1, 0.15) is 0 Å². The molecule has 1 aliphatic heterocycles. The molecule has 2 amide bonds. The molecule has 0 radical (unpaired) electrons. The number of nitrogens with one attached hydrogen (secondary N) is 2. The molecule has 1 unspecified atom stereocenters. The number of ether oxygens (including phenoxy) is 1. The van der Waals surface area contributed by atoms with Crippen molar-refractivity contribution in [2.45, 2.75) is 26.1 Å². The van der Waals surface area contributed by atoms with E-state index in [0.717, 1.165) is 48.4 Å². The van der Waals surface area contributed by atoms with Gasteiger partial charge in [0, 0.05) is 30.7 Å². The fraction of sp³-hybridized carbons (Fsp3) is 0.381. The highest BCUT2D eigenvalue weighted by Crippen LogP contribution is 2.22. The van der Waals surface area contributed by atoms with Crippen LogP contribution in [0.2, 0.25) is 0 Å². The zero-order valence-electron chi connectivity index (χ0n) is 15.6. The smallest absolute Gasteiger partial charge is 0.315 e. The monoisotopic (exact) mass is 431 g/mol. The van der Waals surface area contributed by atoms with Gasteiger partial charge in [-0.15, -0.1) is 0 Å². The minimum Gasteiger partial charge on any atom is -0.379 e. The van der Waals surface area contributed by atoms with Crippen LogP contribution in [0.1, 0.15) is 29.7 Å². The summed E-state index contributed by atoms with van der Waals surface area (Å²) in [6.07, 6.45) is 0. The minimum absolute atomic E-state index is 0.0757. The van der Waals surface area contributed by atoms with Gasteiger partial charge in [0.2, 0.25) is 0 Å². The van der Waals surface area contributed by atoms with Crippen LogP contribution in [0, 0.1) is 0 Å². The minimum atomic E-state index is -0.170. The van der Waals surface area contributed by atoms with Gasteiger partial charge in [-0.2, -0.15) is 0 Å². The highest BCUT2D eigenvalue weighted by Gasteiger charge is 2.13. The van der Waals surface area contributed by atoms with Crippen LogP contribution in [0.5, 0.6) is 0 Å². The van der Waals surface area contributed by atoms with E-state index in [1.54, 1.807) is 0 Å². The Labute approximate surface area is 169 Å². The Morgan fingerprint density at radius 2 is 1.89 bits per heavy atom. The molecule has 1 atom stereocenters. The van der Waals surface area contributed by atoms with Gasteiger partial charge < -0.3 is 15.4 Å². The van der Waals surface area contributed by atoms with Gasteiger partial charge in [0.15, 0.2) is 0 Å². The van der Waals surface area contributed by atoms with Crippen LogP contribution in [0.15, 0.2) is 53.0 Å². The molecule has 0 saturated carbocycles. The van der Waals surface area contributed by atoms with Crippen LogP contribution in [0.3, 0.4) is 0 Å². The quantitative estimate of drug-likeness (QED) is 0.730. The molecular formula is C21H26BrN3O2. The van der Waals surface area contributed by atoms with Crippen molar-refractivity contribution in [2.75, 3.05) is 26.3 Å². The number of hydrogen-bond acceptors (Lipinski definition) is 3. The molecule has 144 valence electrons. The molecule has 1 heterocycles. The maximum atomic E-state index is 12.3. The topological polar surface area (TPSA) is 53.6 Å². The lowest BCUT2D eigenvalue weighted by molar-refractivity contribution is 0.0342. The molecule has 2 aromatic rings. The number of hydrogen-bond donors (Lipinski definition) is 2. The third-order valence-electron chi connectivity index (χ3n) is 4.67. The molecule has 6 heteroatoms. The van der Waals surface area contributed by atoms with Gasteiger partial charge in [-0.3, -0.25) is 4.90 Å². The Bertz CT molecular complexity index is 763. The van der Waals surface area contributed by atoms with Crippen molar-refractivity contribution in [1.29, 1.82) is 0 Å². The van der Waals surface area contributed by atoms with E-state index in [1.165, 1.54) is 5.56 Å². The summed E-state index contributed by atoms with van der Waals surface area (Å²) < 4.78 is 6.39. The molecule has 1 aliphatic rings. The molecule has 0 aliphatic carbocycles. The first-order valence-electron chi connectivity index (χ1n) is 9.28. The highest BCUT2D eigenvalue weighted by molar-refractivity contribution is 9.10. The van der Waals surface area contributed by atoms with Crippen LogP contribution in [0.25, 0.3) is 0 Å². The second-order valence-corrected chi connectivity index (χ2v) is 7.63. The van der Waals surface area contributed by atoms with Gasteiger partial charge in [-0.05, 0) is 29.7 Å². The first-order valence-corrected chi connectivity index (χ1v) is 10.1. The first-order chi connectivity index (χ1) is 13.1. The number of carbonyl (C=O) groups excluding carboxylic acids is 1. The number of carbonyl (C=O) groups is 1. The van der Waals surface area contributed by atoms with Crippen LogP contribution < -0.4 is 10.6 Å². The van der Waals surface area contributed by atoms with E-state index in [1.807, 2.05) is 37.3 Å². The van der Waals surface area contributed by atoms with Crippen LogP contribution in [-0.4, -0.2) is 37.2 Å². The van der Waals surface area contributed by atoms with Gasteiger partial charge in [-0.1, -0.05) is 58.4 Å². The van der Waals surface area contributed by atoms with Crippen molar-refractivity contribution >= 4 is 22.0 Å². The van der Waals surface area contributed by atoms with E-state index in [-0.39, 0.29) is 12.1 Å². The summed E-state index contributed by atoms with van der Waals surface area (Å²) in [5.41, 5.74) is 3.42. The summed E-state index contributed by atoms with van der Waals surface area (Å²) in [6.45, 7) is 6.94. The second-order valence-electron chi connectivity index (χ2n) is 6.78. The number of amides is 2. The fourth-order valence-electron chi connectivity index (χ4n) is 3.19. The first kappa shape index (κ1) is 19.9. The predicted molar refractivity (Wildman–Crippen MR) is 110 cm³/mol. The van der Waals surface area contributed by atoms with Gasteiger partial charge in [0.05, 0.1) is 19.3 Å². The van der Waals surface area contributed by atoms with E-state index >= 15 is 0 Å². The summed E-state index contributed by atoms with van der Waals surface area (Å²) in [6, 6.07) is 16.1. The SMILES string of the molecule is CC(NC(=O)NCc1cccc(CN2CCOCC2)c1)c1ccccc1Br. The normalized spacial score (nSPS) is 15.9. The molecule has 2 N–H and O–H groups in total. The number of halogens is 1. The molecule has 2 aromatic carbocycles. The zero-order valence-corrected chi connectivity index (χ0v) is 17.2. The summed E-state index contributed by atoms with van der Waals surface area (Å²) in [5.74, 6) is 0. The van der Waals surface area contributed by atoms with Gasteiger partial charge in [-0.25, -0.2) is 4.79 Å². The van der Waals surface area contributed by atoms with Crippen molar-refractivity contribution in [3.8, 4) is 0 Å². The number of benzene rings is 2. The molecule has 0 spiro atoms. The van der Waals surface area contributed by atoms with Crippen molar-refractivity contribution in [2.24, 2.45) is 0 Å². The summed E-state index contributed by atoms with van der Waals surface area (Å²) in [7, 11) is 0. The second kappa shape index (κ2) is 9.88. The van der Waals surface area contributed by atoms with Crippen molar-refractivity contribution in [1.82, 2.24) is 15.5 Å². The Morgan fingerprint density at radius 3 is 2.67 bits per heavy atom. The average molecular weight is 432 g/mol. The van der Waals surface area contributed by atoms with E-state index < -0.39 is 0 Å². The molecule has 1 saturated heterocycles. The molecule has 0 aromatic heterocycles. The Hall–Kier alpha value is -1.89. The van der Waals surface area contributed by atoms with Crippen LogP contribution >= 0.6 is 15.9 Å². The molecule has 5 nitrogen and oxygen atoms in total. The van der Waals surface area contributed by atoms with Crippen molar-refractivity contribution in [3.05, 3.63) is 69.7 Å². The molecule has 3 rings (SSSR count). The molecular weight excluding hydrogens is 406 g/mol. The lowest BCUT2D eigenvalue weighted by Crippen LogP contribution is -2.37. The van der Waals surface area contributed by atoms with E-state index in [9.17, 15) is 4.79 Å². The maximum Gasteiger partial charge on any atom is 0.315 e. The fourth-order valence-corrected chi connectivity index (χ4v) is 3.82. The third kappa shape index (κ3) is 6.06. The number of rotatable bonds is 6. The standard InChI is InChI=1S/C21H26BrN3O2/c1-16(19-7-2-3-8-20(19)22)24-21(26)23-14-17-5-4-6-18(13-17)15-25-9-11-27-12-10-25/h2-8,13,16H,9-12,14-15H2,1H3,(H2,23,24,26). The zero-order chi connectivity index (χ0) is 19.1. The summed E-state index contributed by atoms with van der Waals surface area (Å²) >= 11 is 3.53. The van der Waals surface area contributed by atoms with Crippen LogP contribution in [0.4, 0.5) is 4.79 Å². The predicted octanol–water partition coefficient (Wildman–Crippen LogP) is 3.84. The summed E-state index contributed by atoms with van der Waals surface area (Å²) in [4.78, 5) is 14.6. The highest BCUT2D eigenvalue weighted by atomic mass is 79.9. The van der Waals surface area contributed by atoms with Crippen LogP contribution in [-0.2, 0) is 17.8 Å². The molecule has 27 heavy (non-hydrogen) atoms. The number of morpholine rings is 1. The number of nitrogens with zero attached hydrogens (tertiary/aromatic N) is 1. The van der Waals surface area contributed by atoms with E-state index in [0.29, 0.717) is 6.54 Å². The Morgan fingerprint density at radius 1 is 1.15 bits per heavy atom. The van der Waals surface area contributed by atoms with Gasteiger partial charge in [0.25, 0.3) is 0 Å². The largest absolute Gasteiger partial charge is 0.379 e. The Balaban J connectivity index is 1.49. The molecule has 1 fully saturated rings. The molecule has 0 bridgehead atoms. The van der Waals surface area contributed by atoms with E-state index in [4.69, 9.17) is 4.74 Å². The maximum absolute atomic E-state index is 12.3. The Kier molecular flexibility index (Phi) is 7.26. The van der Waals surface area contributed by atoms with E-state index in [2.05, 4.69) is 49.7 Å². The number of urea groups is 1. The van der Waals surface area contributed by atoms with Gasteiger partial charge >= 0.3 is 6.03 Å². The average Bonchev–Trinajstić information content (AvgIpc) is 2.68. The lowest BCUT2D eigenvalue weighted by Gasteiger charge is -2.26. The summed E-state index contributed by atoms with van der Waals surface area (Å²) in [5, 5.41) is 5.94.